The van der Waals surface area contributed by atoms with Gasteiger partial charge in [0, 0.05) is 12.6 Å². The summed E-state index contributed by atoms with van der Waals surface area (Å²) >= 11 is 0. The van der Waals surface area contributed by atoms with Crippen LogP contribution in [0.3, 0.4) is 0 Å². The summed E-state index contributed by atoms with van der Waals surface area (Å²) < 4.78 is 56.9. The van der Waals surface area contributed by atoms with E-state index in [9.17, 15) is 28.3 Å². The number of nitrogens with zero attached hydrogens (tertiary/aromatic N) is 1. The molecule has 0 saturated carbocycles. The van der Waals surface area contributed by atoms with Gasteiger partial charge in [0.25, 0.3) is 0 Å². The summed E-state index contributed by atoms with van der Waals surface area (Å²) in [5, 5.41) is 2.45. The summed E-state index contributed by atoms with van der Waals surface area (Å²) in [6.45, 7) is 2.84. The monoisotopic (exact) mass is 509 g/mol. The lowest BCUT2D eigenvalue weighted by atomic mass is 10.2. The third kappa shape index (κ3) is 8.48. The minimum Gasteiger partial charge on any atom is -0.371 e. The molecule has 4 unspecified atom stereocenters. The topological polar surface area (TPSA) is 237 Å². The fourth-order valence-corrected chi connectivity index (χ4v) is 5.63. The molecule has 31 heavy (non-hydrogen) atoms. The summed E-state index contributed by atoms with van der Waals surface area (Å²) in [5.41, 5.74) is 5.57. The van der Waals surface area contributed by atoms with Crippen LogP contribution in [0.5, 0.6) is 0 Å². The maximum absolute atomic E-state index is 12.1. The maximum Gasteiger partial charge on any atom is 0.490 e. The van der Waals surface area contributed by atoms with E-state index in [-0.39, 0.29) is 13.0 Å². The number of ether oxygens (including phenoxy) is 2. The summed E-state index contributed by atoms with van der Waals surface area (Å²) in [6.07, 6.45) is 1.07. The SMILES string of the molecule is C=CCO[C@@H]1C[C@H](N2C=CC(N)NC2=O)OC1COP(=O)(O)OP(=O)(O)OP(=O)(O)O. The highest BCUT2D eigenvalue weighted by atomic mass is 31.3. The average Bonchev–Trinajstić information content (AvgIpc) is 2.97. The van der Waals surface area contributed by atoms with Crippen LogP contribution in [0, 0.1) is 0 Å². The van der Waals surface area contributed by atoms with E-state index in [0.717, 1.165) is 0 Å². The molecule has 0 radical (unpaired) electrons. The number of phosphoric ester groups is 1. The Hall–Kier alpha value is -0.960. The molecule has 2 aliphatic rings. The first-order valence-electron chi connectivity index (χ1n) is 8.40. The lowest BCUT2D eigenvalue weighted by molar-refractivity contribution is -0.0631. The number of phosphoric acid groups is 3. The number of hydrogen-bond acceptors (Lipinski definition) is 10. The molecule has 16 nitrogen and oxygen atoms in total. The Labute approximate surface area is 176 Å². The van der Waals surface area contributed by atoms with Crippen molar-refractivity contribution < 1.29 is 60.7 Å². The van der Waals surface area contributed by atoms with Gasteiger partial charge in [-0.05, 0) is 6.08 Å². The molecule has 0 aromatic carbocycles. The van der Waals surface area contributed by atoms with Crippen LogP contribution in [0.25, 0.3) is 0 Å². The zero-order valence-corrected chi connectivity index (χ0v) is 18.4. The Morgan fingerprint density at radius 1 is 1.26 bits per heavy atom. The molecule has 0 aromatic heterocycles. The largest absolute Gasteiger partial charge is 0.490 e. The van der Waals surface area contributed by atoms with Crippen molar-refractivity contribution in [2.24, 2.45) is 5.73 Å². The Kier molecular flexibility index (Phi) is 8.75. The molecule has 0 aliphatic carbocycles. The van der Waals surface area contributed by atoms with Crippen molar-refractivity contribution in [2.45, 2.75) is 31.0 Å². The second kappa shape index (κ2) is 10.3. The fourth-order valence-electron chi connectivity index (χ4n) is 2.60. The van der Waals surface area contributed by atoms with Gasteiger partial charge in [-0.3, -0.25) is 9.42 Å². The van der Waals surface area contributed by atoms with E-state index in [1.165, 1.54) is 23.3 Å². The van der Waals surface area contributed by atoms with E-state index >= 15 is 0 Å². The second-order valence-corrected chi connectivity index (χ2v) is 10.6. The van der Waals surface area contributed by atoms with Crippen molar-refractivity contribution in [3.8, 4) is 0 Å². The van der Waals surface area contributed by atoms with Crippen molar-refractivity contribution >= 4 is 29.5 Å². The molecule has 2 heterocycles. The standard InChI is InChI=1S/C12H22N3O13P3/c1-2-5-24-8-6-11(15-4-3-10(13)14-12(15)16)26-9(8)7-25-30(20,21)28-31(22,23)27-29(17,18)19/h2-4,8-11H,1,5-7,13H2,(H,14,16)(H,20,21)(H,22,23)(H2,17,18,19)/t8-,9?,10?,11-/m1/s1. The van der Waals surface area contributed by atoms with Gasteiger partial charge in [0.1, 0.15) is 12.3 Å². The molecule has 0 spiro atoms. The van der Waals surface area contributed by atoms with Crippen LogP contribution in [0.4, 0.5) is 4.79 Å². The van der Waals surface area contributed by atoms with Crippen molar-refractivity contribution in [1.82, 2.24) is 10.2 Å². The molecule has 0 bridgehead atoms. The lowest BCUT2D eigenvalue weighted by Crippen LogP contribution is -2.52. The smallest absolute Gasteiger partial charge is 0.371 e. The van der Waals surface area contributed by atoms with Crippen molar-refractivity contribution in [3.63, 3.8) is 0 Å². The predicted molar refractivity (Wildman–Crippen MR) is 101 cm³/mol. The van der Waals surface area contributed by atoms with Crippen LogP contribution < -0.4 is 11.1 Å². The summed E-state index contributed by atoms with van der Waals surface area (Å²) in [4.78, 5) is 49.1. The molecule has 2 rings (SSSR count). The molecular weight excluding hydrogens is 487 g/mol. The number of nitrogens with one attached hydrogen (secondary N) is 1. The van der Waals surface area contributed by atoms with Crippen LogP contribution >= 0.6 is 23.5 Å². The number of rotatable bonds is 11. The molecule has 6 atom stereocenters. The van der Waals surface area contributed by atoms with Gasteiger partial charge < -0.3 is 40.1 Å². The van der Waals surface area contributed by atoms with E-state index in [1.807, 2.05) is 0 Å². The highest BCUT2D eigenvalue weighted by molar-refractivity contribution is 7.66. The van der Waals surface area contributed by atoms with Crippen LogP contribution in [0.1, 0.15) is 6.42 Å². The van der Waals surface area contributed by atoms with Crippen LogP contribution in [0.15, 0.2) is 24.9 Å². The highest BCUT2D eigenvalue weighted by Gasteiger charge is 2.44. The molecule has 19 heteroatoms. The van der Waals surface area contributed by atoms with Gasteiger partial charge in [-0.2, -0.15) is 8.62 Å². The molecule has 1 saturated heterocycles. The molecule has 0 aromatic rings. The third-order valence-corrected chi connectivity index (χ3v) is 7.52. The number of carbonyl (C=O) groups excluding carboxylic acids is 1. The van der Waals surface area contributed by atoms with Gasteiger partial charge in [0.05, 0.1) is 25.5 Å². The minimum atomic E-state index is -5.65. The third-order valence-electron chi connectivity index (χ3n) is 3.72. The normalized spacial score (nSPS) is 30.5. The second-order valence-electron chi connectivity index (χ2n) is 6.14. The van der Waals surface area contributed by atoms with E-state index in [1.54, 1.807) is 0 Å². The van der Waals surface area contributed by atoms with Gasteiger partial charge in [0.15, 0.2) is 0 Å². The van der Waals surface area contributed by atoms with E-state index in [2.05, 4.69) is 25.0 Å². The zero-order chi connectivity index (χ0) is 23.4. The van der Waals surface area contributed by atoms with Gasteiger partial charge in [-0.1, -0.05) is 6.08 Å². The van der Waals surface area contributed by atoms with Gasteiger partial charge >= 0.3 is 29.5 Å². The first kappa shape index (κ1) is 26.3. The Bertz CT molecular complexity index is 847. The Morgan fingerprint density at radius 2 is 1.94 bits per heavy atom. The molecule has 1 fully saturated rings. The Balaban J connectivity index is 2.03. The fraction of sp³-hybridized carbons (Fsp3) is 0.583. The van der Waals surface area contributed by atoms with Gasteiger partial charge in [-0.25, -0.2) is 18.5 Å². The minimum absolute atomic E-state index is 0.0689. The molecule has 2 amide bonds. The number of urea groups is 1. The first-order chi connectivity index (χ1) is 14.2. The summed E-state index contributed by atoms with van der Waals surface area (Å²) in [7, 11) is -16.5. The average molecular weight is 509 g/mol. The van der Waals surface area contributed by atoms with Crippen molar-refractivity contribution in [2.75, 3.05) is 13.2 Å². The quantitative estimate of drug-likeness (QED) is 0.157. The van der Waals surface area contributed by atoms with E-state index < -0.39 is 60.7 Å². The molecular formula is C12H22N3O13P3. The van der Waals surface area contributed by atoms with Gasteiger partial charge in [0.2, 0.25) is 0 Å². The summed E-state index contributed by atoms with van der Waals surface area (Å²) in [6, 6.07) is -0.559. The van der Waals surface area contributed by atoms with E-state index in [0.29, 0.717) is 0 Å². The van der Waals surface area contributed by atoms with Gasteiger partial charge in [-0.15, -0.1) is 6.58 Å². The first-order valence-corrected chi connectivity index (χ1v) is 12.9. The number of hydrogen-bond donors (Lipinski definition) is 6. The number of amides is 2. The van der Waals surface area contributed by atoms with Crippen LogP contribution in [0.2, 0.25) is 0 Å². The highest BCUT2D eigenvalue weighted by Crippen LogP contribution is 2.66. The molecule has 178 valence electrons. The lowest BCUT2D eigenvalue weighted by Gasteiger charge is -2.30. The Morgan fingerprint density at radius 3 is 2.52 bits per heavy atom. The zero-order valence-electron chi connectivity index (χ0n) is 15.7. The molecule has 7 N–H and O–H groups in total. The van der Waals surface area contributed by atoms with E-state index in [4.69, 9.17) is 25.0 Å². The summed E-state index contributed by atoms with van der Waals surface area (Å²) in [5.74, 6) is 0. The number of nitrogens with two attached hydrogens (primary N) is 1. The predicted octanol–water partition coefficient (Wildman–Crippen LogP) is -0.160. The maximum atomic E-state index is 12.1. The van der Waals surface area contributed by atoms with Crippen LogP contribution in [-0.4, -0.2) is 68.3 Å². The van der Waals surface area contributed by atoms with Crippen molar-refractivity contribution in [3.05, 3.63) is 24.9 Å². The molecule has 2 aliphatic heterocycles. The van der Waals surface area contributed by atoms with Crippen molar-refractivity contribution in [1.29, 1.82) is 0 Å². The van der Waals surface area contributed by atoms with Crippen LogP contribution in [-0.2, 0) is 36.3 Å². The number of carbonyl (C=O) groups is 1.